The van der Waals surface area contributed by atoms with Crippen molar-refractivity contribution >= 4 is 11.7 Å². The third-order valence-corrected chi connectivity index (χ3v) is 3.64. The molecule has 1 N–H and O–H groups in total. The molecular formula is C18H21NO3. The summed E-state index contributed by atoms with van der Waals surface area (Å²) in [6, 6.07) is 17.3. The van der Waals surface area contributed by atoms with E-state index in [-0.39, 0.29) is 17.9 Å². The van der Waals surface area contributed by atoms with Gasteiger partial charge in [-0.1, -0.05) is 30.3 Å². The van der Waals surface area contributed by atoms with Crippen molar-refractivity contribution in [3.05, 3.63) is 60.2 Å². The molecule has 0 heterocycles. The minimum absolute atomic E-state index is 0.165. The summed E-state index contributed by atoms with van der Waals surface area (Å²) >= 11 is 0. The van der Waals surface area contributed by atoms with Gasteiger partial charge in [0.1, 0.15) is 5.75 Å². The lowest BCUT2D eigenvalue weighted by atomic mass is 9.94. The van der Waals surface area contributed by atoms with Crippen molar-refractivity contribution in [2.45, 2.75) is 13.0 Å². The molecule has 0 fully saturated rings. The second kappa shape index (κ2) is 7.50. The minimum Gasteiger partial charge on any atom is -0.497 e. The van der Waals surface area contributed by atoms with Crippen LogP contribution >= 0.6 is 0 Å². The van der Waals surface area contributed by atoms with Gasteiger partial charge in [-0.15, -0.1) is 0 Å². The predicted molar refractivity (Wildman–Crippen MR) is 87.0 cm³/mol. The van der Waals surface area contributed by atoms with Gasteiger partial charge in [-0.25, -0.2) is 0 Å². The largest absolute Gasteiger partial charge is 0.497 e. The predicted octanol–water partition coefficient (Wildman–Crippen LogP) is 3.66. The first-order chi connectivity index (χ1) is 10.7. The van der Waals surface area contributed by atoms with Gasteiger partial charge in [0.25, 0.3) is 0 Å². The number of hydrogen-bond donors (Lipinski definition) is 1. The Kier molecular flexibility index (Phi) is 5.42. The summed E-state index contributed by atoms with van der Waals surface area (Å²) in [6.07, 6.45) is 0. The number of carbonyl (C=O) groups is 1. The van der Waals surface area contributed by atoms with E-state index in [0.717, 1.165) is 17.0 Å². The van der Waals surface area contributed by atoms with E-state index in [1.54, 1.807) is 7.11 Å². The molecule has 4 nitrogen and oxygen atoms in total. The molecule has 0 aromatic heterocycles. The van der Waals surface area contributed by atoms with Crippen molar-refractivity contribution < 1.29 is 14.3 Å². The molecule has 0 bridgehead atoms. The molecule has 2 aromatic rings. The molecule has 4 heteroatoms. The van der Waals surface area contributed by atoms with Crippen LogP contribution in [-0.2, 0) is 9.53 Å². The molecule has 2 aromatic carbocycles. The van der Waals surface area contributed by atoms with Crippen LogP contribution in [0.15, 0.2) is 54.6 Å². The lowest BCUT2D eigenvalue weighted by Crippen LogP contribution is -2.26. The van der Waals surface area contributed by atoms with E-state index >= 15 is 0 Å². The number of methoxy groups -OCH3 is 2. The first kappa shape index (κ1) is 15.9. The Balaban J connectivity index is 2.25. The summed E-state index contributed by atoms with van der Waals surface area (Å²) in [6.45, 7) is 1.86. The zero-order valence-electron chi connectivity index (χ0n) is 13.1. The van der Waals surface area contributed by atoms with Gasteiger partial charge in [0, 0.05) is 5.69 Å². The number of anilines is 1. The molecule has 0 aliphatic rings. The van der Waals surface area contributed by atoms with Gasteiger partial charge in [0.05, 0.1) is 26.2 Å². The van der Waals surface area contributed by atoms with Crippen molar-refractivity contribution in [2.75, 3.05) is 19.5 Å². The van der Waals surface area contributed by atoms with Crippen LogP contribution in [0, 0.1) is 5.92 Å². The second-order valence-corrected chi connectivity index (χ2v) is 5.07. The fourth-order valence-corrected chi connectivity index (χ4v) is 2.35. The van der Waals surface area contributed by atoms with E-state index in [0.29, 0.717) is 0 Å². The third kappa shape index (κ3) is 3.79. The average Bonchev–Trinajstić information content (AvgIpc) is 2.59. The molecule has 0 saturated carbocycles. The molecule has 0 spiro atoms. The number of nitrogens with one attached hydrogen (secondary N) is 1. The first-order valence-electron chi connectivity index (χ1n) is 7.19. The molecule has 2 rings (SSSR count). The number of benzene rings is 2. The summed E-state index contributed by atoms with van der Waals surface area (Å²) < 4.78 is 10.0. The van der Waals surface area contributed by atoms with Crippen LogP contribution in [0.3, 0.4) is 0 Å². The first-order valence-corrected chi connectivity index (χ1v) is 7.19. The Labute approximate surface area is 131 Å². The van der Waals surface area contributed by atoms with Crippen molar-refractivity contribution in [3.63, 3.8) is 0 Å². The Hall–Kier alpha value is -2.49. The quantitative estimate of drug-likeness (QED) is 0.827. The smallest absolute Gasteiger partial charge is 0.310 e. The fourth-order valence-electron chi connectivity index (χ4n) is 2.35. The van der Waals surface area contributed by atoms with Crippen LogP contribution in [0.2, 0.25) is 0 Å². The van der Waals surface area contributed by atoms with Gasteiger partial charge >= 0.3 is 5.97 Å². The van der Waals surface area contributed by atoms with Crippen LogP contribution in [0.4, 0.5) is 5.69 Å². The Morgan fingerprint density at radius 2 is 1.64 bits per heavy atom. The SMILES string of the molecule is COC(=O)[C@H](C)[C@H](Nc1ccc(OC)cc1)c1ccccc1. The zero-order valence-corrected chi connectivity index (χ0v) is 13.1. The highest BCUT2D eigenvalue weighted by Crippen LogP contribution is 2.28. The second-order valence-electron chi connectivity index (χ2n) is 5.07. The maximum absolute atomic E-state index is 11.9. The van der Waals surface area contributed by atoms with Crippen LogP contribution in [-0.4, -0.2) is 20.2 Å². The number of carbonyl (C=O) groups excluding carboxylic acids is 1. The maximum Gasteiger partial charge on any atom is 0.310 e. The number of esters is 1. The van der Waals surface area contributed by atoms with Crippen LogP contribution in [0.1, 0.15) is 18.5 Å². The number of rotatable bonds is 6. The fraction of sp³-hybridized carbons (Fsp3) is 0.278. The maximum atomic E-state index is 11.9. The highest BCUT2D eigenvalue weighted by Gasteiger charge is 2.26. The summed E-state index contributed by atoms with van der Waals surface area (Å²) in [5, 5.41) is 3.41. The lowest BCUT2D eigenvalue weighted by molar-refractivity contribution is -0.145. The molecule has 0 amide bonds. The Bertz CT molecular complexity index is 595. The monoisotopic (exact) mass is 299 g/mol. The van der Waals surface area contributed by atoms with Gasteiger partial charge in [0.2, 0.25) is 0 Å². The summed E-state index contributed by atoms with van der Waals surface area (Å²) in [7, 11) is 3.04. The molecule has 116 valence electrons. The molecule has 2 atom stereocenters. The topological polar surface area (TPSA) is 47.6 Å². The highest BCUT2D eigenvalue weighted by atomic mass is 16.5. The van der Waals surface area contributed by atoms with Crippen LogP contribution in [0.25, 0.3) is 0 Å². The van der Waals surface area contributed by atoms with Gasteiger partial charge in [-0.2, -0.15) is 0 Å². The molecule has 0 unspecified atom stereocenters. The van der Waals surface area contributed by atoms with E-state index < -0.39 is 0 Å². The summed E-state index contributed by atoms with van der Waals surface area (Å²) in [5.74, 6) is 0.243. The molecule has 0 aliphatic carbocycles. The Morgan fingerprint density at radius 1 is 1.00 bits per heavy atom. The van der Waals surface area contributed by atoms with Gasteiger partial charge in [-0.05, 0) is 36.8 Å². The lowest BCUT2D eigenvalue weighted by Gasteiger charge is -2.25. The van der Waals surface area contributed by atoms with Crippen molar-refractivity contribution in [1.29, 1.82) is 0 Å². The van der Waals surface area contributed by atoms with E-state index in [2.05, 4.69) is 5.32 Å². The summed E-state index contributed by atoms with van der Waals surface area (Å²) in [5.41, 5.74) is 1.96. The standard InChI is InChI=1S/C18H21NO3/c1-13(18(20)22-3)17(14-7-5-4-6-8-14)19-15-9-11-16(21-2)12-10-15/h4-13,17,19H,1-3H3/t13-,17+/m1/s1. The molecule has 0 saturated heterocycles. The minimum atomic E-state index is -0.311. The van der Waals surface area contributed by atoms with Gasteiger partial charge in [0.15, 0.2) is 0 Å². The van der Waals surface area contributed by atoms with Gasteiger partial charge < -0.3 is 14.8 Å². The molecule has 0 aliphatic heterocycles. The highest BCUT2D eigenvalue weighted by molar-refractivity contribution is 5.74. The Morgan fingerprint density at radius 3 is 2.18 bits per heavy atom. The average molecular weight is 299 g/mol. The van der Waals surface area contributed by atoms with Crippen LogP contribution < -0.4 is 10.1 Å². The molecule has 0 radical (unpaired) electrons. The van der Waals surface area contributed by atoms with Crippen LogP contribution in [0.5, 0.6) is 5.75 Å². The van der Waals surface area contributed by atoms with Gasteiger partial charge in [-0.3, -0.25) is 4.79 Å². The van der Waals surface area contributed by atoms with E-state index in [4.69, 9.17) is 9.47 Å². The van der Waals surface area contributed by atoms with Crippen molar-refractivity contribution in [1.82, 2.24) is 0 Å². The van der Waals surface area contributed by atoms with Crippen molar-refractivity contribution in [3.8, 4) is 5.75 Å². The summed E-state index contributed by atoms with van der Waals surface area (Å²) in [4.78, 5) is 11.9. The van der Waals surface area contributed by atoms with E-state index in [1.807, 2.05) is 61.5 Å². The van der Waals surface area contributed by atoms with Crippen molar-refractivity contribution in [2.24, 2.45) is 5.92 Å². The number of hydrogen-bond acceptors (Lipinski definition) is 4. The van der Waals surface area contributed by atoms with E-state index in [1.165, 1.54) is 7.11 Å². The zero-order chi connectivity index (χ0) is 15.9. The third-order valence-electron chi connectivity index (χ3n) is 3.64. The normalized spacial score (nSPS) is 13.0. The number of ether oxygens (including phenoxy) is 2. The van der Waals surface area contributed by atoms with E-state index in [9.17, 15) is 4.79 Å². The molecular weight excluding hydrogens is 278 g/mol. The molecule has 22 heavy (non-hydrogen) atoms.